The van der Waals surface area contributed by atoms with Crippen LogP contribution in [0.5, 0.6) is 11.5 Å². The summed E-state index contributed by atoms with van der Waals surface area (Å²) in [7, 11) is 0. The first-order chi connectivity index (χ1) is 15.3. The van der Waals surface area contributed by atoms with E-state index in [1.807, 2.05) is 19.1 Å². The van der Waals surface area contributed by atoms with E-state index in [1.165, 1.54) is 6.21 Å². The van der Waals surface area contributed by atoms with E-state index in [4.69, 9.17) is 21.1 Å². The number of nitrogens with one attached hydrogen (secondary N) is 1. The van der Waals surface area contributed by atoms with E-state index in [0.717, 1.165) is 10.0 Å². The smallest absolute Gasteiger partial charge is 0.343 e. The van der Waals surface area contributed by atoms with E-state index in [2.05, 4.69) is 26.5 Å². The van der Waals surface area contributed by atoms with Gasteiger partial charge in [0.25, 0.3) is 5.91 Å². The van der Waals surface area contributed by atoms with Gasteiger partial charge in [0.2, 0.25) is 0 Å². The van der Waals surface area contributed by atoms with Gasteiger partial charge in [-0.1, -0.05) is 51.8 Å². The summed E-state index contributed by atoms with van der Waals surface area (Å²) >= 11 is 9.31. The van der Waals surface area contributed by atoms with E-state index >= 15 is 0 Å². The summed E-state index contributed by atoms with van der Waals surface area (Å²) in [5, 5.41) is 4.49. The van der Waals surface area contributed by atoms with Crippen molar-refractivity contribution in [3.8, 4) is 11.5 Å². The van der Waals surface area contributed by atoms with Gasteiger partial charge in [-0.3, -0.25) is 4.79 Å². The van der Waals surface area contributed by atoms with Crippen LogP contribution in [-0.4, -0.2) is 24.2 Å². The lowest BCUT2D eigenvalue weighted by molar-refractivity contribution is -0.127. The molecule has 8 heteroatoms. The van der Waals surface area contributed by atoms with Crippen LogP contribution in [-0.2, 0) is 4.79 Å². The molecule has 1 N–H and O–H groups in total. The van der Waals surface area contributed by atoms with Crippen molar-refractivity contribution >= 4 is 45.6 Å². The van der Waals surface area contributed by atoms with Crippen molar-refractivity contribution in [1.29, 1.82) is 0 Å². The van der Waals surface area contributed by atoms with Crippen molar-refractivity contribution in [1.82, 2.24) is 5.43 Å². The molecule has 32 heavy (non-hydrogen) atoms. The number of carbonyl (C=O) groups is 2. The number of hydrazone groups is 1. The lowest BCUT2D eigenvalue weighted by atomic mass is 10.1. The minimum Gasteiger partial charge on any atom is -0.481 e. The predicted octanol–water partition coefficient (Wildman–Crippen LogP) is 5.55. The fourth-order valence-electron chi connectivity index (χ4n) is 2.72. The minimum atomic E-state index is -0.800. The second-order valence-electron chi connectivity index (χ2n) is 6.84. The summed E-state index contributed by atoms with van der Waals surface area (Å²) in [6.45, 7) is 3.43. The van der Waals surface area contributed by atoms with Crippen LogP contribution in [0.1, 0.15) is 28.4 Å². The molecule has 1 atom stereocenters. The molecule has 0 fully saturated rings. The zero-order chi connectivity index (χ0) is 23.1. The summed E-state index contributed by atoms with van der Waals surface area (Å²) in [6.07, 6.45) is 0.598. The number of halogens is 2. The van der Waals surface area contributed by atoms with Crippen molar-refractivity contribution in [2.75, 3.05) is 0 Å². The van der Waals surface area contributed by atoms with Crippen molar-refractivity contribution in [2.24, 2.45) is 5.10 Å². The Kier molecular flexibility index (Phi) is 8.03. The number of ether oxygens (including phenoxy) is 2. The fraction of sp³-hybridized carbons (Fsp3) is 0.125. The lowest BCUT2D eigenvalue weighted by Crippen LogP contribution is -2.33. The average molecular weight is 516 g/mol. The number of nitrogens with zero attached hydrogens (tertiary/aromatic N) is 1. The zero-order valence-corrected chi connectivity index (χ0v) is 19.7. The van der Waals surface area contributed by atoms with Crippen molar-refractivity contribution < 1.29 is 19.1 Å². The highest BCUT2D eigenvalue weighted by Crippen LogP contribution is 2.23. The maximum Gasteiger partial charge on any atom is 0.343 e. The molecule has 6 nitrogen and oxygen atoms in total. The number of esters is 1. The Morgan fingerprint density at radius 1 is 1.09 bits per heavy atom. The summed E-state index contributed by atoms with van der Waals surface area (Å²) in [4.78, 5) is 24.9. The minimum absolute atomic E-state index is 0.308. The molecule has 3 aromatic carbocycles. The van der Waals surface area contributed by atoms with Gasteiger partial charge in [0.1, 0.15) is 11.5 Å². The molecule has 3 rings (SSSR count). The standard InChI is InChI=1S/C24H20BrClN2O4/c1-15-6-3-4-9-21(15)24(30)32-22-11-10-18(25)12-17(22)14-27-28-23(29)16(2)31-20-8-5-7-19(26)13-20/h3-14,16H,1-2H3,(H,28,29)/b27-14+. The van der Waals surface area contributed by atoms with Crippen LogP contribution in [0.3, 0.4) is 0 Å². The molecule has 0 saturated carbocycles. The van der Waals surface area contributed by atoms with Gasteiger partial charge in [0, 0.05) is 15.1 Å². The number of rotatable bonds is 7. The molecule has 0 heterocycles. The molecule has 0 bridgehead atoms. The van der Waals surface area contributed by atoms with Crippen molar-refractivity contribution in [3.63, 3.8) is 0 Å². The van der Waals surface area contributed by atoms with E-state index < -0.39 is 18.0 Å². The topological polar surface area (TPSA) is 77.0 Å². The van der Waals surface area contributed by atoms with Gasteiger partial charge in [0.15, 0.2) is 6.10 Å². The quantitative estimate of drug-likeness (QED) is 0.194. The van der Waals surface area contributed by atoms with Crippen LogP contribution in [0.15, 0.2) is 76.3 Å². The van der Waals surface area contributed by atoms with E-state index in [9.17, 15) is 9.59 Å². The molecule has 0 aliphatic heterocycles. The third-order valence-corrected chi connectivity index (χ3v) is 5.12. The van der Waals surface area contributed by atoms with E-state index in [-0.39, 0.29) is 0 Å². The number of carbonyl (C=O) groups excluding carboxylic acids is 2. The molecule has 1 unspecified atom stereocenters. The summed E-state index contributed by atoms with van der Waals surface area (Å²) in [6, 6.07) is 19.0. The van der Waals surface area contributed by atoms with E-state index in [0.29, 0.717) is 27.6 Å². The van der Waals surface area contributed by atoms with Crippen molar-refractivity contribution in [2.45, 2.75) is 20.0 Å². The first-order valence-corrected chi connectivity index (χ1v) is 10.8. The summed E-state index contributed by atoms with van der Waals surface area (Å²) in [5.74, 6) is -0.147. The number of benzene rings is 3. The van der Waals surface area contributed by atoms with Gasteiger partial charge in [-0.05, 0) is 61.9 Å². The molecule has 0 aliphatic rings. The highest BCUT2D eigenvalue weighted by molar-refractivity contribution is 9.10. The van der Waals surface area contributed by atoms with E-state index in [1.54, 1.807) is 61.5 Å². The molecular formula is C24H20BrClN2O4. The molecule has 3 aromatic rings. The zero-order valence-electron chi connectivity index (χ0n) is 17.3. The van der Waals surface area contributed by atoms with Crippen LogP contribution in [0.25, 0.3) is 0 Å². The highest BCUT2D eigenvalue weighted by atomic mass is 79.9. The average Bonchev–Trinajstić information content (AvgIpc) is 2.75. The van der Waals surface area contributed by atoms with Gasteiger partial charge in [0.05, 0.1) is 11.8 Å². The van der Waals surface area contributed by atoms with Crippen LogP contribution in [0, 0.1) is 6.92 Å². The molecule has 164 valence electrons. The molecule has 0 aromatic heterocycles. The van der Waals surface area contributed by atoms with Crippen LogP contribution >= 0.6 is 27.5 Å². The Labute approximate surface area is 199 Å². The Morgan fingerprint density at radius 3 is 2.62 bits per heavy atom. The number of hydrogen-bond donors (Lipinski definition) is 1. The number of amides is 1. The Hall–Kier alpha value is -3.16. The molecule has 0 spiro atoms. The highest BCUT2D eigenvalue weighted by Gasteiger charge is 2.15. The third-order valence-electron chi connectivity index (χ3n) is 4.40. The van der Waals surface area contributed by atoms with Gasteiger partial charge < -0.3 is 9.47 Å². The lowest BCUT2D eigenvalue weighted by Gasteiger charge is -2.13. The predicted molar refractivity (Wildman–Crippen MR) is 128 cm³/mol. The molecule has 0 radical (unpaired) electrons. The fourth-order valence-corrected chi connectivity index (χ4v) is 3.28. The van der Waals surface area contributed by atoms with Crippen molar-refractivity contribution in [3.05, 3.63) is 92.9 Å². The molecule has 0 saturated heterocycles. The second-order valence-corrected chi connectivity index (χ2v) is 8.19. The van der Waals surface area contributed by atoms with Crippen LogP contribution in [0.2, 0.25) is 5.02 Å². The van der Waals surface area contributed by atoms with Crippen LogP contribution in [0.4, 0.5) is 0 Å². The summed E-state index contributed by atoms with van der Waals surface area (Å²) < 4.78 is 11.9. The SMILES string of the molecule is Cc1ccccc1C(=O)Oc1ccc(Br)cc1/C=N/NC(=O)C(C)Oc1cccc(Cl)c1. The molecule has 0 aliphatic carbocycles. The third kappa shape index (κ3) is 6.42. The monoisotopic (exact) mass is 514 g/mol. The van der Waals surface area contributed by atoms with Gasteiger partial charge in [-0.25, -0.2) is 10.2 Å². The summed E-state index contributed by atoms with van der Waals surface area (Å²) in [5.41, 5.74) is 4.21. The second kappa shape index (κ2) is 10.9. The number of hydrogen-bond acceptors (Lipinski definition) is 5. The Balaban J connectivity index is 1.67. The maximum atomic E-state index is 12.6. The van der Waals surface area contributed by atoms with Crippen LogP contribution < -0.4 is 14.9 Å². The van der Waals surface area contributed by atoms with Gasteiger partial charge >= 0.3 is 5.97 Å². The maximum absolute atomic E-state index is 12.6. The first-order valence-electron chi connectivity index (χ1n) is 9.66. The Bertz CT molecular complexity index is 1170. The normalized spacial score (nSPS) is 11.8. The first kappa shape index (κ1) is 23.5. The van der Waals surface area contributed by atoms with Gasteiger partial charge in [-0.15, -0.1) is 0 Å². The largest absolute Gasteiger partial charge is 0.481 e. The number of aryl methyl sites for hydroxylation is 1. The molecular weight excluding hydrogens is 496 g/mol. The van der Waals surface area contributed by atoms with Gasteiger partial charge in [-0.2, -0.15) is 5.10 Å². The molecule has 1 amide bonds. The Morgan fingerprint density at radius 2 is 1.88 bits per heavy atom.